The maximum absolute atomic E-state index is 4.40. The van der Waals surface area contributed by atoms with Gasteiger partial charge < -0.3 is 0 Å². The van der Waals surface area contributed by atoms with Gasteiger partial charge in [0, 0.05) is 29.5 Å². The second kappa shape index (κ2) is 6.09. The van der Waals surface area contributed by atoms with E-state index in [-0.39, 0.29) is 0 Å². The molecule has 2 heteroatoms. The van der Waals surface area contributed by atoms with Gasteiger partial charge in [-0.15, -0.1) is 0 Å². The Labute approximate surface area is 139 Å². The summed E-state index contributed by atoms with van der Waals surface area (Å²) in [5.41, 5.74) is 5.06. The van der Waals surface area contributed by atoms with Gasteiger partial charge in [-0.05, 0) is 69.2 Å². The second-order valence-electron chi connectivity index (χ2n) is 7.36. The second-order valence-corrected chi connectivity index (χ2v) is 7.36. The van der Waals surface area contributed by atoms with E-state index in [0.717, 1.165) is 23.7 Å². The Balaban J connectivity index is 1.40. The number of rotatable bonds is 3. The highest BCUT2D eigenvalue weighted by Gasteiger charge is 2.37. The molecule has 0 N–H and O–H groups in total. The zero-order valence-electron chi connectivity index (χ0n) is 14.2. The summed E-state index contributed by atoms with van der Waals surface area (Å²) in [6, 6.07) is 15.0. The molecular weight excluding hydrogens is 280 g/mol. The number of hydrogen-bond donors (Lipinski definition) is 0. The highest BCUT2D eigenvalue weighted by atomic mass is 15.2. The predicted molar refractivity (Wildman–Crippen MR) is 95.6 cm³/mol. The van der Waals surface area contributed by atoms with E-state index in [2.05, 4.69) is 53.2 Å². The van der Waals surface area contributed by atoms with Crippen LogP contribution in [0.15, 0.2) is 42.6 Å². The molecule has 1 saturated carbocycles. The lowest BCUT2D eigenvalue weighted by Gasteiger charge is -2.43. The van der Waals surface area contributed by atoms with Crippen molar-refractivity contribution in [1.82, 2.24) is 9.88 Å². The van der Waals surface area contributed by atoms with Crippen LogP contribution >= 0.6 is 0 Å². The Morgan fingerprint density at radius 1 is 1.00 bits per heavy atom. The van der Waals surface area contributed by atoms with Crippen molar-refractivity contribution < 1.29 is 0 Å². The lowest BCUT2D eigenvalue weighted by Crippen LogP contribution is -2.45. The largest absolute Gasteiger partial charge is 0.298 e. The van der Waals surface area contributed by atoms with Crippen molar-refractivity contribution in [3.05, 3.63) is 53.9 Å². The summed E-state index contributed by atoms with van der Waals surface area (Å²) in [6.07, 6.45) is 7.44. The van der Waals surface area contributed by atoms with E-state index >= 15 is 0 Å². The van der Waals surface area contributed by atoms with Gasteiger partial charge >= 0.3 is 0 Å². The lowest BCUT2D eigenvalue weighted by molar-refractivity contribution is 0.103. The average Bonchev–Trinajstić information content (AvgIpc) is 2.94. The standard InChI is InChI=1S/C21H26N2/c1-15-5-6-19(14-22-15)17-7-9-18(10-8-17)20-12-21(13-20)23-11-3-4-16(23)2/h5-10,14,16,20-21H,3-4,11-13H2,1-2H3/t16?,20-,21-. The number of benzene rings is 1. The van der Waals surface area contributed by atoms with Crippen LogP contribution in [0.1, 0.15) is 49.8 Å². The third kappa shape index (κ3) is 2.92. The summed E-state index contributed by atoms with van der Waals surface area (Å²) >= 11 is 0. The SMILES string of the molecule is Cc1ccc(-c2ccc([C@H]3C[C@H](N4CCCC4C)C3)cc2)cn1. The van der Waals surface area contributed by atoms with E-state index in [1.54, 1.807) is 0 Å². The Bertz CT molecular complexity index is 653. The molecule has 1 aromatic carbocycles. The first-order chi connectivity index (χ1) is 11.2. The molecule has 1 saturated heterocycles. The minimum atomic E-state index is 0.762. The van der Waals surface area contributed by atoms with Crippen LogP contribution in [0.25, 0.3) is 11.1 Å². The van der Waals surface area contributed by atoms with Gasteiger partial charge in [0.1, 0.15) is 0 Å². The molecule has 2 heterocycles. The van der Waals surface area contributed by atoms with Crippen LogP contribution in [0.4, 0.5) is 0 Å². The average molecular weight is 306 g/mol. The van der Waals surface area contributed by atoms with E-state index in [1.807, 2.05) is 13.1 Å². The summed E-state index contributed by atoms with van der Waals surface area (Å²) in [7, 11) is 0. The van der Waals surface area contributed by atoms with Crippen molar-refractivity contribution in [3.63, 3.8) is 0 Å². The molecule has 1 aliphatic heterocycles. The fourth-order valence-electron chi connectivity index (χ4n) is 4.22. The number of pyridine rings is 1. The Morgan fingerprint density at radius 3 is 2.35 bits per heavy atom. The van der Waals surface area contributed by atoms with Gasteiger partial charge in [0.15, 0.2) is 0 Å². The molecule has 0 radical (unpaired) electrons. The molecular formula is C21H26N2. The molecule has 2 aromatic rings. The van der Waals surface area contributed by atoms with Crippen LogP contribution < -0.4 is 0 Å². The first-order valence-corrected chi connectivity index (χ1v) is 8.99. The molecule has 1 aliphatic carbocycles. The van der Waals surface area contributed by atoms with Gasteiger partial charge in [0.25, 0.3) is 0 Å². The first kappa shape index (κ1) is 14.9. The van der Waals surface area contributed by atoms with Crippen molar-refractivity contribution in [1.29, 1.82) is 0 Å². The topological polar surface area (TPSA) is 16.1 Å². The first-order valence-electron chi connectivity index (χ1n) is 8.99. The van der Waals surface area contributed by atoms with Gasteiger partial charge in [0.2, 0.25) is 0 Å². The van der Waals surface area contributed by atoms with Crippen molar-refractivity contribution in [2.24, 2.45) is 0 Å². The Kier molecular flexibility index (Phi) is 3.94. The number of aryl methyl sites for hydroxylation is 1. The molecule has 0 amide bonds. The van der Waals surface area contributed by atoms with E-state index in [4.69, 9.17) is 0 Å². The van der Waals surface area contributed by atoms with E-state index < -0.39 is 0 Å². The summed E-state index contributed by atoms with van der Waals surface area (Å²) in [5.74, 6) is 0.762. The zero-order chi connectivity index (χ0) is 15.8. The van der Waals surface area contributed by atoms with E-state index in [0.29, 0.717) is 0 Å². The molecule has 2 nitrogen and oxygen atoms in total. The van der Waals surface area contributed by atoms with Gasteiger partial charge in [-0.3, -0.25) is 9.88 Å². The molecule has 4 rings (SSSR count). The van der Waals surface area contributed by atoms with Crippen molar-refractivity contribution in [3.8, 4) is 11.1 Å². The minimum absolute atomic E-state index is 0.762. The number of aromatic nitrogens is 1. The normalized spacial score (nSPS) is 27.8. The zero-order valence-corrected chi connectivity index (χ0v) is 14.2. The van der Waals surface area contributed by atoms with Gasteiger partial charge in [-0.25, -0.2) is 0 Å². The van der Waals surface area contributed by atoms with E-state index in [9.17, 15) is 0 Å². The molecule has 2 fully saturated rings. The molecule has 1 aromatic heterocycles. The predicted octanol–water partition coefficient (Wildman–Crippen LogP) is 4.79. The smallest absolute Gasteiger partial charge is 0.0373 e. The van der Waals surface area contributed by atoms with Crippen LogP contribution in [-0.4, -0.2) is 28.5 Å². The fourth-order valence-corrected chi connectivity index (χ4v) is 4.22. The fraction of sp³-hybridized carbons (Fsp3) is 0.476. The molecule has 120 valence electrons. The van der Waals surface area contributed by atoms with Crippen LogP contribution in [-0.2, 0) is 0 Å². The Hall–Kier alpha value is -1.67. The monoisotopic (exact) mass is 306 g/mol. The summed E-state index contributed by atoms with van der Waals surface area (Å²) in [5, 5.41) is 0. The molecule has 23 heavy (non-hydrogen) atoms. The number of likely N-dealkylation sites (tertiary alicyclic amines) is 1. The highest BCUT2D eigenvalue weighted by Crippen LogP contribution is 2.42. The summed E-state index contributed by atoms with van der Waals surface area (Å²) in [4.78, 5) is 7.13. The molecule has 0 bridgehead atoms. The summed E-state index contributed by atoms with van der Waals surface area (Å²) < 4.78 is 0. The van der Waals surface area contributed by atoms with Crippen molar-refractivity contribution in [2.75, 3.05) is 6.54 Å². The minimum Gasteiger partial charge on any atom is -0.298 e. The Morgan fingerprint density at radius 2 is 1.74 bits per heavy atom. The van der Waals surface area contributed by atoms with E-state index in [1.165, 1.54) is 48.9 Å². The van der Waals surface area contributed by atoms with Crippen LogP contribution in [0.3, 0.4) is 0 Å². The molecule has 1 unspecified atom stereocenters. The van der Waals surface area contributed by atoms with Crippen molar-refractivity contribution >= 4 is 0 Å². The maximum atomic E-state index is 4.40. The molecule has 2 aliphatic rings. The van der Waals surface area contributed by atoms with Gasteiger partial charge in [0.05, 0.1) is 0 Å². The van der Waals surface area contributed by atoms with Crippen molar-refractivity contribution in [2.45, 2.75) is 57.5 Å². The summed E-state index contributed by atoms with van der Waals surface area (Å²) in [6.45, 7) is 5.74. The van der Waals surface area contributed by atoms with Gasteiger partial charge in [-0.2, -0.15) is 0 Å². The maximum Gasteiger partial charge on any atom is 0.0373 e. The number of nitrogens with zero attached hydrogens (tertiary/aromatic N) is 2. The molecule has 1 atom stereocenters. The third-order valence-corrected chi connectivity index (χ3v) is 5.81. The highest BCUT2D eigenvalue weighted by molar-refractivity contribution is 5.62. The molecule has 0 spiro atoms. The quantitative estimate of drug-likeness (QED) is 0.810. The lowest BCUT2D eigenvalue weighted by atomic mass is 9.74. The van der Waals surface area contributed by atoms with Crippen LogP contribution in [0.5, 0.6) is 0 Å². The third-order valence-electron chi connectivity index (χ3n) is 5.81. The van der Waals surface area contributed by atoms with Crippen LogP contribution in [0.2, 0.25) is 0 Å². The van der Waals surface area contributed by atoms with Crippen LogP contribution in [0, 0.1) is 6.92 Å². The van der Waals surface area contributed by atoms with Gasteiger partial charge in [-0.1, -0.05) is 30.3 Å². The number of hydrogen-bond acceptors (Lipinski definition) is 2.